The number of piperidine rings is 1. The van der Waals surface area contributed by atoms with Gasteiger partial charge in [-0.05, 0) is 45.4 Å². The van der Waals surface area contributed by atoms with Gasteiger partial charge in [0.05, 0.1) is 18.4 Å². The molecule has 1 fully saturated rings. The highest BCUT2D eigenvalue weighted by Gasteiger charge is 2.36. The van der Waals surface area contributed by atoms with Crippen molar-refractivity contribution < 1.29 is 18.7 Å². The molecule has 2 amide bonds. The zero-order valence-electron chi connectivity index (χ0n) is 14.7. The molecule has 2 N–H and O–H groups in total. The second-order valence-corrected chi connectivity index (χ2v) is 6.47. The van der Waals surface area contributed by atoms with Crippen LogP contribution in [-0.2, 0) is 9.53 Å². The normalized spacial score (nSPS) is 24.6. The molecule has 2 aliphatic heterocycles. The summed E-state index contributed by atoms with van der Waals surface area (Å²) in [6, 6.07) is 2.92. The zero-order valence-corrected chi connectivity index (χ0v) is 14.7. The van der Waals surface area contributed by atoms with Gasteiger partial charge in [-0.15, -0.1) is 0 Å². The molecule has 0 radical (unpaired) electrons. The van der Waals surface area contributed by atoms with Crippen molar-refractivity contribution in [2.45, 2.75) is 45.2 Å². The molecule has 0 bridgehead atoms. The first-order valence-corrected chi connectivity index (χ1v) is 8.85. The van der Waals surface area contributed by atoms with Crippen LogP contribution in [0.2, 0.25) is 0 Å². The van der Waals surface area contributed by atoms with Crippen molar-refractivity contribution in [2.24, 2.45) is 0 Å². The van der Waals surface area contributed by atoms with Crippen LogP contribution in [0.4, 0.5) is 4.79 Å². The summed E-state index contributed by atoms with van der Waals surface area (Å²) in [5, 5.41) is 5.58. The number of likely N-dealkylation sites (tertiary alicyclic amines) is 1. The first-order valence-electron chi connectivity index (χ1n) is 8.85. The van der Waals surface area contributed by atoms with Crippen LogP contribution in [0.1, 0.15) is 44.9 Å². The van der Waals surface area contributed by atoms with Crippen LogP contribution in [0.3, 0.4) is 0 Å². The molecule has 0 spiro atoms. The maximum atomic E-state index is 12.6. The Morgan fingerprint density at radius 1 is 1.44 bits per heavy atom. The third kappa shape index (κ3) is 3.87. The van der Waals surface area contributed by atoms with E-state index in [0.717, 1.165) is 19.4 Å². The maximum absolute atomic E-state index is 12.6. The average Bonchev–Trinajstić information content (AvgIpc) is 3.11. The van der Waals surface area contributed by atoms with Crippen molar-refractivity contribution in [3.8, 4) is 0 Å². The monoisotopic (exact) mass is 347 g/mol. The topological polar surface area (TPSA) is 83.8 Å². The highest BCUT2D eigenvalue weighted by atomic mass is 16.5. The van der Waals surface area contributed by atoms with E-state index in [1.807, 2.05) is 0 Å². The third-order valence-corrected chi connectivity index (χ3v) is 4.78. The predicted molar refractivity (Wildman–Crippen MR) is 91.7 cm³/mol. The molecule has 1 aromatic heterocycles. The smallest absolute Gasteiger partial charge is 0.338 e. The summed E-state index contributed by atoms with van der Waals surface area (Å²) in [5.74, 6) is 0.0816. The van der Waals surface area contributed by atoms with Crippen molar-refractivity contribution in [3.05, 3.63) is 35.4 Å². The highest BCUT2D eigenvalue weighted by Crippen LogP contribution is 2.29. The SMILES string of the molecule is CCOC(=O)C1=C(CN2CCCC[C@@H]2C)NC(=O)N[C@@H]1c1ccco1. The van der Waals surface area contributed by atoms with E-state index >= 15 is 0 Å². The van der Waals surface area contributed by atoms with Gasteiger partial charge in [0.1, 0.15) is 11.8 Å². The molecule has 0 unspecified atom stereocenters. The summed E-state index contributed by atoms with van der Waals surface area (Å²) in [7, 11) is 0. The Bertz CT molecular complexity index is 653. The highest BCUT2D eigenvalue weighted by molar-refractivity contribution is 5.95. The molecule has 3 heterocycles. The Kier molecular flexibility index (Phi) is 5.43. The van der Waals surface area contributed by atoms with Crippen LogP contribution in [0.5, 0.6) is 0 Å². The van der Waals surface area contributed by atoms with Gasteiger partial charge in [0, 0.05) is 18.3 Å². The average molecular weight is 347 g/mol. The van der Waals surface area contributed by atoms with E-state index in [0.29, 0.717) is 29.6 Å². The molecule has 7 nitrogen and oxygen atoms in total. The Hall–Kier alpha value is -2.28. The molecular weight excluding hydrogens is 322 g/mol. The number of rotatable bonds is 5. The van der Waals surface area contributed by atoms with E-state index in [1.165, 1.54) is 12.7 Å². The van der Waals surface area contributed by atoms with Gasteiger partial charge in [-0.1, -0.05) is 6.42 Å². The molecule has 136 valence electrons. The van der Waals surface area contributed by atoms with Crippen molar-refractivity contribution in [3.63, 3.8) is 0 Å². The van der Waals surface area contributed by atoms with Crippen molar-refractivity contribution in [1.29, 1.82) is 0 Å². The number of urea groups is 1. The molecule has 25 heavy (non-hydrogen) atoms. The van der Waals surface area contributed by atoms with E-state index in [4.69, 9.17) is 9.15 Å². The van der Waals surface area contributed by atoms with E-state index < -0.39 is 12.0 Å². The molecule has 0 saturated carbocycles. The molecule has 2 aliphatic rings. The number of nitrogens with zero attached hydrogens (tertiary/aromatic N) is 1. The molecule has 2 atom stereocenters. The number of ether oxygens (including phenoxy) is 1. The number of carbonyl (C=O) groups is 2. The second kappa shape index (κ2) is 7.74. The van der Waals surface area contributed by atoms with Crippen LogP contribution >= 0.6 is 0 Å². The minimum atomic E-state index is -0.641. The van der Waals surface area contributed by atoms with Crippen LogP contribution in [0.25, 0.3) is 0 Å². The molecule has 3 rings (SSSR count). The fraction of sp³-hybridized carbons (Fsp3) is 0.556. The van der Waals surface area contributed by atoms with E-state index in [9.17, 15) is 9.59 Å². The quantitative estimate of drug-likeness (QED) is 0.799. The number of furan rings is 1. The Balaban J connectivity index is 1.95. The lowest BCUT2D eigenvalue weighted by Gasteiger charge is -2.36. The van der Waals surface area contributed by atoms with Gasteiger partial charge < -0.3 is 19.8 Å². The van der Waals surface area contributed by atoms with Crippen LogP contribution in [0.15, 0.2) is 34.1 Å². The minimum absolute atomic E-state index is 0.272. The van der Waals surface area contributed by atoms with Gasteiger partial charge in [0.2, 0.25) is 0 Å². The van der Waals surface area contributed by atoms with E-state index in [-0.39, 0.29) is 12.6 Å². The van der Waals surface area contributed by atoms with Crippen molar-refractivity contribution in [1.82, 2.24) is 15.5 Å². The Morgan fingerprint density at radius 3 is 2.96 bits per heavy atom. The molecule has 0 aromatic carbocycles. The lowest BCUT2D eigenvalue weighted by molar-refractivity contribution is -0.139. The van der Waals surface area contributed by atoms with Crippen LogP contribution in [0, 0.1) is 0 Å². The van der Waals surface area contributed by atoms with Crippen molar-refractivity contribution >= 4 is 12.0 Å². The summed E-state index contributed by atoms with van der Waals surface area (Å²) in [6.45, 7) is 5.68. The van der Waals surface area contributed by atoms with Crippen LogP contribution < -0.4 is 10.6 Å². The summed E-state index contributed by atoms with van der Waals surface area (Å²) in [6.07, 6.45) is 4.99. The third-order valence-electron chi connectivity index (χ3n) is 4.78. The predicted octanol–water partition coefficient (Wildman–Crippen LogP) is 2.33. The number of esters is 1. The number of carbonyl (C=O) groups excluding carboxylic acids is 2. The fourth-order valence-electron chi connectivity index (χ4n) is 3.46. The lowest BCUT2D eigenvalue weighted by atomic mass is 9.98. The Morgan fingerprint density at radius 2 is 2.28 bits per heavy atom. The number of hydrogen-bond acceptors (Lipinski definition) is 5. The molecule has 7 heteroatoms. The Labute approximate surface area is 147 Å². The maximum Gasteiger partial charge on any atom is 0.338 e. The minimum Gasteiger partial charge on any atom is -0.467 e. The van der Waals surface area contributed by atoms with E-state index in [1.54, 1.807) is 19.1 Å². The fourth-order valence-corrected chi connectivity index (χ4v) is 3.46. The van der Waals surface area contributed by atoms with Crippen LogP contribution in [-0.4, -0.2) is 42.6 Å². The standard InChI is InChI=1S/C18H25N3O4/c1-3-24-17(22)15-13(11-21-9-5-4-7-12(21)2)19-18(23)20-16(15)14-8-6-10-25-14/h6,8,10,12,16H,3-5,7,9,11H2,1-2H3,(H2,19,20,23)/t12-,16+/m0/s1. The van der Waals surface area contributed by atoms with Crippen molar-refractivity contribution in [2.75, 3.05) is 19.7 Å². The number of hydrogen-bond donors (Lipinski definition) is 2. The largest absolute Gasteiger partial charge is 0.467 e. The molecule has 1 aromatic rings. The van der Waals surface area contributed by atoms with Gasteiger partial charge in [-0.2, -0.15) is 0 Å². The second-order valence-electron chi connectivity index (χ2n) is 6.47. The molecule has 1 saturated heterocycles. The summed E-state index contributed by atoms with van der Waals surface area (Å²) < 4.78 is 10.7. The number of nitrogens with one attached hydrogen (secondary N) is 2. The van der Waals surface area contributed by atoms with Gasteiger partial charge in [0.25, 0.3) is 0 Å². The first kappa shape index (κ1) is 17.5. The van der Waals surface area contributed by atoms with Gasteiger partial charge in [-0.3, -0.25) is 4.90 Å². The van der Waals surface area contributed by atoms with Gasteiger partial charge in [0.15, 0.2) is 0 Å². The zero-order chi connectivity index (χ0) is 17.8. The van der Waals surface area contributed by atoms with Gasteiger partial charge in [-0.25, -0.2) is 9.59 Å². The summed E-state index contributed by atoms with van der Waals surface area (Å²) >= 11 is 0. The molecule has 0 aliphatic carbocycles. The lowest BCUT2D eigenvalue weighted by Crippen LogP contribution is -2.50. The van der Waals surface area contributed by atoms with Gasteiger partial charge >= 0.3 is 12.0 Å². The molecular formula is C18H25N3O4. The first-order chi connectivity index (χ1) is 12.1. The summed E-state index contributed by atoms with van der Waals surface area (Å²) in [5.41, 5.74) is 1.01. The summed E-state index contributed by atoms with van der Waals surface area (Å²) in [4.78, 5) is 27.1. The van der Waals surface area contributed by atoms with E-state index in [2.05, 4.69) is 22.5 Å². The number of amides is 2.